The molecule has 0 radical (unpaired) electrons. The number of pyridine rings is 2. The standard InChI is InChI=1S/C17H13FN2S.C2H6/c1-3-14-11(2)17(12-4-6-13(21-18)7-5-12)20-16-8-9-19-10-15(14)16;1-2/h3-10H,1H2,2H3;1-2H3. The number of benzene rings is 1. The third kappa shape index (κ3) is 3.42. The van der Waals surface area contributed by atoms with E-state index in [1.54, 1.807) is 24.5 Å². The molecule has 0 saturated heterocycles. The van der Waals surface area contributed by atoms with Gasteiger partial charge in [-0.05, 0) is 36.2 Å². The van der Waals surface area contributed by atoms with Crippen LogP contribution < -0.4 is 0 Å². The molecule has 0 aliphatic heterocycles. The minimum atomic E-state index is 0.242. The summed E-state index contributed by atoms with van der Waals surface area (Å²) < 4.78 is 12.5. The zero-order valence-corrected chi connectivity index (χ0v) is 14.3. The normalized spacial score (nSPS) is 10.1. The molecule has 0 amide bonds. The number of hydrogen-bond acceptors (Lipinski definition) is 3. The molecule has 0 fully saturated rings. The summed E-state index contributed by atoms with van der Waals surface area (Å²) in [4.78, 5) is 9.46. The van der Waals surface area contributed by atoms with Gasteiger partial charge in [-0.2, -0.15) is 3.89 Å². The molecule has 118 valence electrons. The van der Waals surface area contributed by atoms with Gasteiger partial charge in [0.25, 0.3) is 0 Å². The summed E-state index contributed by atoms with van der Waals surface area (Å²) in [6.45, 7) is 9.91. The molecule has 3 aromatic rings. The Morgan fingerprint density at radius 1 is 1.13 bits per heavy atom. The lowest BCUT2D eigenvalue weighted by Gasteiger charge is -2.12. The second kappa shape index (κ2) is 7.88. The van der Waals surface area contributed by atoms with Crippen LogP contribution in [0.2, 0.25) is 0 Å². The summed E-state index contributed by atoms with van der Waals surface area (Å²) in [6, 6.07) is 9.17. The van der Waals surface area contributed by atoms with Crippen molar-refractivity contribution in [2.45, 2.75) is 25.7 Å². The zero-order valence-electron chi connectivity index (χ0n) is 13.5. The van der Waals surface area contributed by atoms with Gasteiger partial charge in [0.2, 0.25) is 0 Å². The molecule has 0 spiro atoms. The van der Waals surface area contributed by atoms with Crippen molar-refractivity contribution in [1.29, 1.82) is 0 Å². The topological polar surface area (TPSA) is 25.8 Å². The molecule has 0 atom stereocenters. The maximum absolute atomic E-state index is 12.5. The summed E-state index contributed by atoms with van der Waals surface area (Å²) in [7, 11) is 0. The molecule has 1 aromatic carbocycles. The second-order valence-electron chi connectivity index (χ2n) is 4.70. The third-order valence-electron chi connectivity index (χ3n) is 3.50. The SMILES string of the molecule is C=Cc1c(C)c(-c2ccc(SF)cc2)nc2ccncc12.CC. The minimum Gasteiger partial charge on any atom is -0.264 e. The molecule has 2 heterocycles. The highest BCUT2D eigenvalue weighted by Gasteiger charge is 2.11. The van der Waals surface area contributed by atoms with E-state index in [-0.39, 0.29) is 12.1 Å². The largest absolute Gasteiger partial charge is 0.264 e. The number of hydrogen-bond donors (Lipinski definition) is 0. The van der Waals surface area contributed by atoms with Gasteiger partial charge >= 0.3 is 0 Å². The number of nitrogens with zero attached hydrogens (tertiary/aromatic N) is 2. The van der Waals surface area contributed by atoms with Gasteiger partial charge in [0, 0.05) is 28.2 Å². The Morgan fingerprint density at radius 2 is 1.83 bits per heavy atom. The number of halogens is 1. The van der Waals surface area contributed by atoms with E-state index in [0.717, 1.165) is 33.3 Å². The Hall–Kier alpha value is -2.20. The van der Waals surface area contributed by atoms with Crippen LogP contribution >= 0.6 is 12.1 Å². The molecular formula is C19H19FN2S. The van der Waals surface area contributed by atoms with Crippen LogP contribution in [0.15, 0.2) is 54.2 Å². The Bertz CT molecular complexity index is 813. The van der Waals surface area contributed by atoms with E-state index in [2.05, 4.69) is 11.6 Å². The van der Waals surface area contributed by atoms with Crippen LogP contribution in [0.4, 0.5) is 3.89 Å². The Balaban J connectivity index is 0.000000924. The van der Waals surface area contributed by atoms with Crippen molar-refractivity contribution in [3.63, 3.8) is 0 Å². The molecule has 23 heavy (non-hydrogen) atoms. The van der Waals surface area contributed by atoms with Crippen LogP contribution in [0, 0.1) is 6.92 Å². The maximum atomic E-state index is 12.5. The predicted molar refractivity (Wildman–Crippen MR) is 98.1 cm³/mol. The lowest BCUT2D eigenvalue weighted by molar-refractivity contribution is 0.934. The van der Waals surface area contributed by atoms with Crippen molar-refractivity contribution >= 4 is 29.1 Å². The van der Waals surface area contributed by atoms with Gasteiger partial charge in [0.05, 0.1) is 23.4 Å². The van der Waals surface area contributed by atoms with E-state index in [9.17, 15) is 3.89 Å². The van der Waals surface area contributed by atoms with Crippen LogP contribution in [0.1, 0.15) is 25.0 Å². The predicted octanol–water partition coefficient (Wildman–Crippen LogP) is 6.25. The van der Waals surface area contributed by atoms with E-state index in [4.69, 9.17) is 4.98 Å². The lowest BCUT2D eigenvalue weighted by atomic mass is 9.99. The second-order valence-corrected chi connectivity index (χ2v) is 5.32. The third-order valence-corrected chi connectivity index (χ3v) is 3.95. The van der Waals surface area contributed by atoms with E-state index in [0.29, 0.717) is 4.90 Å². The van der Waals surface area contributed by atoms with Gasteiger partial charge in [-0.15, -0.1) is 0 Å². The van der Waals surface area contributed by atoms with Crippen molar-refractivity contribution in [2.24, 2.45) is 0 Å². The molecule has 0 aliphatic rings. The average Bonchev–Trinajstić information content (AvgIpc) is 2.63. The fourth-order valence-electron chi connectivity index (χ4n) is 2.43. The average molecular weight is 326 g/mol. The quantitative estimate of drug-likeness (QED) is 0.569. The first-order chi connectivity index (χ1) is 11.2. The first-order valence-corrected chi connectivity index (χ1v) is 8.22. The number of rotatable bonds is 3. The fraction of sp³-hybridized carbons (Fsp3) is 0.158. The van der Waals surface area contributed by atoms with Crippen LogP contribution in [0.25, 0.3) is 28.2 Å². The molecule has 0 aliphatic carbocycles. The van der Waals surface area contributed by atoms with Gasteiger partial charge in [0.1, 0.15) is 0 Å². The van der Waals surface area contributed by atoms with E-state index in [1.807, 2.05) is 45.0 Å². The number of aromatic nitrogens is 2. The number of fused-ring (bicyclic) bond motifs is 1. The molecule has 0 N–H and O–H groups in total. The molecule has 0 unspecified atom stereocenters. The monoisotopic (exact) mass is 326 g/mol. The van der Waals surface area contributed by atoms with Gasteiger partial charge in [0.15, 0.2) is 0 Å². The van der Waals surface area contributed by atoms with E-state index in [1.165, 1.54) is 0 Å². The van der Waals surface area contributed by atoms with Crippen LogP contribution in [-0.4, -0.2) is 9.97 Å². The van der Waals surface area contributed by atoms with E-state index < -0.39 is 0 Å². The van der Waals surface area contributed by atoms with E-state index >= 15 is 0 Å². The van der Waals surface area contributed by atoms with Crippen molar-refractivity contribution in [2.75, 3.05) is 0 Å². The minimum absolute atomic E-state index is 0.242. The highest BCUT2D eigenvalue weighted by molar-refractivity contribution is 7.94. The molecular weight excluding hydrogens is 307 g/mol. The Labute approximate surface area is 140 Å². The lowest BCUT2D eigenvalue weighted by Crippen LogP contribution is -1.95. The summed E-state index contributed by atoms with van der Waals surface area (Å²) >= 11 is 0.242. The fourth-order valence-corrected chi connectivity index (χ4v) is 2.67. The van der Waals surface area contributed by atoms with Gasteiger partial charge in [-0.3, -0.25) is 4.98 Å². The first kappa shape index (κ1) is 17.2. The Kier molecular flexibility index (Phi) is 5.88. The Morgan fingerprint density at radius 3 is 2.43 bits per heavy atom. The maximum Gasteiger partial charge on any atom is 0.0812 e. The van der Waals surface area contributed by atoms with Crippen LogP contribution in [0.5, 0.6) is 0 Å². The van der Waals surface area contributed by atoms with Gasteiger partial charge in [-0.25, -0.2) is 4.98 Å². The van der Waals surface area contributed by atoms with Gasteiger partial charge in [-0.1, -0.05) is 38.6 Å². The van der Waals surface area contributed by atoms with Crippen molar-refractivity contribution in [3.05, 3.63) is 60.4 Å². The molecule has 0 bridgehead atoms. The summed E-state index contributed by atoms with van der Waals surface area (Å²) in [6.07, 6.45) is 5.36. The molecule has 4 heteroatoms. The highest BCUT2D eigenvalue weighted by atomic mass is 32.2. The van der Waals surface area contributed by atoms with Crippen molar-refractivity contribution in [3.8, 4) is 11.3 Å². The molecule has 2 nitrogen and oxygen atoms in total. The van der Waals surface area contributed by atoms with Crippen molar-refractivity contribution < 1.29 is 3.89 Å². The molecule has 3 rings (SSSR count). The summed E-state index contributed by atoms with van der Waals surface area (Å²) in [5.74, 6) is 0. The molecule has 0 saturated carbocycles. The summed E-state index contributed by atoms with van der Waals surface area (Å²) in [5, 5.41) is 0.990. The van der Waals surface area contributed by atoms with Crippen LogP contribution in [0.3, 0.4) is 0 Å². The smallest absolute Gasteiger partial charge is 0.0812 e. The van der Waals surface area contributed by atoms with Crippen LogP contribution in [-0.2, 0) is 0 Å². The highest BCUT2D eigenvalue weighted by Crippen LogP contribution is 2.31. The summed E-state index contributed by atoms with van der Waals surface area (Å²) in [5.41, 5.74) is 4.81. The first-order valence-electron chi connectivity index (χ1n) is 7.50. The van der Waals surface area contributed by atoms with Crippen molar-refractivity contribution in [1.82, 2.24) is 9.97 Å². The van der Waals surface area contributed by atoms with Gasteiger partial charge < -0.3 is 0 Å². The zero-order chi connectivity index (χ0) is 16.8. The molecule has 2 aromatic heterocycles.